The predicted molar refractivity (Wildman–Crippen MR) is 89.3 cm³/mol. The number of hydrogen-bond acceptors (Lipinski definition) is 6. The third-order valence-electron chi connectivity index (χ3n) is 3.42. The van der Waals surface area contributed by atoms with Crippen molar-refractivity contribution >= 4 is 29.3 Å². The average Bonchev–Trinajstić information content (AvgIpc) is 3.14. The molecular formula is C17H13F2NO4S. The van der Waals surface area contributed by atoms with Gasteiger partial charge >= 0.3 is 12.6 Å². The van der Waals surface area contributed by atoms with Crippen LogP contribution in [0.1, 0.15) is 16.0 Å². The molecule has 0 saturated heterocycles. The molecule has 130 valence electrons. The summed E-state index contributed by atoms with van der Waals surface area (Å²) in [5.41, 5.74) is 1.62. The first-order valence-corrected chi connectivity index (χ1v) is 8.06. The number of hydrogen-bond donors (Lipinski definition) is 0. The molecule has 0 fully saturated rings. The maximum absolute atomic E-state index is 12.4. The fourth-order valence-electron chi connectivity index (χ4n) is 2.18. The number of ether oxygens (including phenoxy) is 3. The van der Waals surface area contributed by atoms with E-state index in [2.05, 4.69) is 9.73 Å². The van der Waals surface area contributed by atoms with E-state index in [9.17, 15) is 13.6 Å². The van der Waals surface area contributed by atoms with Crippen LogP contribution in [0.2, 0.25) is 0 Å². The number of halogens is 2. The molecule has 0 saturated carbocycles. The number of nitrogens with zero attached hydrogens (tertiary/aromatic N) is 1. The van der Waals surface area contributed by atoms with Gasteiger partial charge in [0, 0.05) is 10.4 Å². The third-order valence-corrected chi connectivity index (χ3v) is 4.38. The van der Waals surface area contributed by atoms with Crippen molar-refractivity contribution in [2.24, 2.45) is 4.99 Å². The lowest BCUT2D eigenvalue weighted by atomic mass is 10.2. The second-order valence-corrected chi connectivity index (χ2v) is 6.00. The standard InChI is InChI=1S/C17H13F2NO4S/c1-9-5-6-25-14(9)8-11-16(21)24-15(20-11)10-3-4-12(23-17(18)19)13(7-10)22-2/h3-8,17H,1-2H3/b11-8-. The normalized spacial score (nSPS) is 15.5. The summed E-state index contributed by atoms with van der Waals surface area (Å²) in [6.45, 7) is -1.04. The largest absolute Gasteiger partial charge is 0.493 e. The van der Waals surface area contributed by atoms with Crippen molar-refractivity contribution in [2.45, 2.75) is 13.5 Å². The molecular weight excluding hydrogens is 352 g/mol. The van der Waals surface area contributed by atoms with Gasteiger partial charge in [0.05, 0.1) is 7.11 Å². The Bertz CT molecular complexity index is 873. The maximum atomic E-state index is 12.4. The number of thiophene rings is 1. The van der Waals surface area contributed by atoms with Crippen LogP contribution in [-0.4, -0.2) is 25.6 Å². The molecule has 2 aromatic rings. The smallest absolute Gasteiger partial charge is 0.387 e. The highest BCUT2D eigenvalue weighted by atomic mass is 32.1. The predicted octanol–water partition coefficient (Wildman–Crippen LogP) is 4.01. The number of cyclic esters (lactones) is 1. The Labute approximate surface area is 146 Å². The van der Waals surface area contributed by atoms with Crippen molar-refractivity contribution in [3.63, 3.8) is 0 Å². The summed E-state index contributed by atoms with van der Waals surface area (Å²) in [5, 5.41) is 1.92. The zero-order valence-electron chi connectivity index (χ0n) is 13.3. The summed E-state index contributed by atoms with van der Waals surface area (Å²) in [7, 11) is 1.32. The average molecular weight is 365 g/mol. The fourth-order valence-corrected chi connectivity index (χ4v) is 3.04. The van der Waals surface area contributed by atoms with Gasteiger partial charge in [0.15, 0.2) is 17.2 Å². The minimum absolute atomic E-state index is 0.0763. The zero-order chi connectivity index (χ0) is 18.0. The lowest BCUT2D eigenvalue weighted by Gasteiger charge is -2.10. The van der Waals surface area contributed by atoms with Crippen LogP contribution < -0.4 is 9.47 Å². The van der Waals surface area contributed by atoms with Crippen molar-refractivity contribution in [1.29, 1.82) is 0 Å². The van der Waals surface area contributed by atoms with E-state index in [1.54, 1.807) is 6.08 Å². The van der Waals surface area contributed by atoms with E-state index in [0.717, 1.165) is 10.4 Å². The van der Waals surface area contributed by atoms with Crippen molar-refractivity contribution in [3.8, 4) is 11.5 Å². The molecule has 25 heavy (non-hydrogen) atoms. The molecule has 5 nitrogen and oxygen atoms in total. The summed E-state index contributed by atoms with van der Waals surface area (Å²) in [5.74, 6) is -0.527. The van der Waals surface area contributed by atoms with Crippen LogP contribution in [0.3, 0.4) is 0 Å². The molecule has 1 aliphatic heterocycles. The number of rotatable bonds is 5. The first kappa shape index (κ1) is 17.1. The molecule has 0 N–H and O–H groups in total. The van der Waals surface area contributed by atoms with Gasteiger partial charge in [-0.25, -0.2) is 9.79 Å². The summed E-state index contributed by atoms with van der Waals surface area (Å²) in [6.07, 6.45) is 1.65. The van der Waals surface area contributed by atoms with Crippen LogP contribution in [0.25, 0.3) is 6.08 Å². The third kappa shape index (κ3) is 3.69. The molecule has 1 aromatic heterocycles. The number of esters is 1. The molecule has 1 aliphatic rings. The number of benzene rings is 1. The van der Waals surface area contributed by atoms with Gasteiger partial charge in [0.1, 0.15) is 0 Å². The highest BCUT2D eigenvalue weighted by molar-refractivity contribution is 7.11. The van der Waals surface area contributed by atoms with E-state index in [1.807, 2.05) is 18.4 Å². The second kappa shape index (κ2) is 7.02. The Morgan fingerprint density at radius 2 is 2.08 bits per heavy atom. The molecule has 0 bridgehead atoms. The van der Waals surface area contributed by atoms with Gasteiger partial charge in [0.2, 0.25) is 5.90 Å². The highest BCUT2D eigenvalue weighted by Gasteiger charge is 2.25. The number of aryl methyl sites for hydroxylation is 1. The molecule has 0 aliphatic carbocycles. The molecule has 0 unspecified atom stereocenters. The molecule has 8 heteroatoms. The summed E-state index contributed by atoms with van der Waals surface area (Å²) < 4.78 is 39.3. The van der Waals surface area contributed by atoms with Crippen LogP contribution in [0.15, 0.2) is 40.3 Å². The highest BCUT2D eigenvalue weighted by Crippen LogP contribution is 2.31. The number of carbonyl (C=O) groups excluding carboxylic acids is 1. The fraction of sp³-hybridized carbons (Fsp3) is 0.176. The quantitative estimate of drug-likeness (QED) is 0.593. The van der Waals surface area contributed by atoms with Gasteiger partial charge < -0.3 is 14.2 Å². The van der Waals surface area contributed by atoms with Crippen molar-refractivity contribution in [1.82, 2.24) is 0 Å². The van der Waals surface area contributed by atoms with Gasteiger partial charge in [0.25, 0.3) is 0 Å². The van der Waals surface area contributed by atoms with Crippen molar-refractivity contribution in [2.75, 3.05) is 7.11 Å². The Morgan fingerprint density at radius 3 is 2.72 bits per heavy atom. The Kier molecular flexibility index (Phi) is 4.80. The van der Waals surface area contributed by atoms with E-state index in [1.165, 1.54) is 36.6 Å². The molecule has 1 aromatic carbocycles. The van der Waals surface area contributed by atoms with E-state index in [4.69, 9.17) is 9.47 Å². The lowest BCUT2D eigenvalue weighted by Crippen LogP contribution is -2.07. The molecule has 2 heterocycles. The Morgan fingerprint density at radius 1 is 1.28 bits per heavy atom. The van der Waals surface area contributed by atoms with Crippen LogP contribution in [0.5, 0.6) is 11.5 Å². The molecule has 0 atom stereocenters. The SMILES string of the molecule is COc1cc(C2=N/C(=C\c3sccc3C)C(=O)O2)ccc1OC(F)F. The molecule has 3 rings (SSSR count). The number of alkyl halides is 2. The zero-order valence-corrected chi connectivity index (χ0v) is 14.1. The van der Waals surface area contributed by atoms with Crippen LogP contribution in [0.4, 0.5) is 8.78 Å². The summed E-state index contributed by atoms with van der Waals surface area (Å²) >= 11 is 1.49. The first-order valence-electron chi connectivity index (χ1n) is 7.18. The van der Waals surface area contributed by atoms with Gasteiger partial charge in [-0.2, -0.15) is 8.78 Å². The molecule has 0 spiro atoms. The summed E-state index contributed by atoms with van der Waals surface area (Å²) in [6, 6.07) is 6.13. The Balaban J connectivity index is 1.92. The molecule has 0 radical (unpaired) electrons. The molecule has 0 amide bonds. The van der Waals surface area contributed by atoms with Gasteiger partial charge in [-0.05, 0) is 48.2 Å². The topological polar surface area (TPSA) is 57.1 Å². The van der Waals surface area contributed by atoms with E-state index < -0.39 is 12.6 Å². The van der Waals surface area contributed by atoms with Crippen molar-refractivity contribution in [3.05, 3.63) is 51.3 Å². The van der Waals surface area contributed by atoms with Gasteiger partial charge in [-0.1, -0.05) is 0 Å². The van der Waals surface area contributed by atoms with Crippen LogP contribution >= 0.6 is 11.3 Å². The minimum atomic E-state index is -2.97. The van der Waals surface area contributed by atoms with E-state index >= 15 is 0 Å². The van der Waals surface area contributed by atoms with Crippen molar-refractivity contribution < 1.29 is 27.8 Å². The number of carbonyl (C=O) groups is 1. The Hall–Kier alpha value is -2.74. The lowest BCUT2D eigenvalue weighted by molar-refractivity contribution is -0.129. The second-order valence-electron chi connectivity index (χ2n) is 5.05. The minimum Gasteiger partial charge on any atom is -0.493 e. The monoisotopic (exact) mass is 365 g/mol. The number of methoxy groups -OCH3 is 1. The van der Waals surface area contributed by atoms with Gasteiger partial charge in [-0.15, -0.1) is 11.3 Å². The maximum Gasteiger partial charge on any atom is 0.387 e. The van der Waals surface area contributed by atoms with Crippen LogP contribution in [0, 0.1) is 6.92 Å². The summed E-state index contributed by atoms with van der Waals surface area (Å²) in [4.78, 5) is 17.1. The van der Waals surface area contributed by atoms with E-state index in [-0.39, 0.29) is 23.1 Å². The first-order chi connectivity index (χ1) is 12.0. The van der Waals surface area contributed by atoms with Gasteiger partial charge in [-0.3, -0.25) is 0 Å². The van der Waals surface area contributed by atoms with E-state index in [0.29, 0.717) is 5.56 Å². The number of aliphatic imine (C=N–C) groups is 1. The van der Waals surface area contributed by atoms with Crippen LogP contribution in [-0.2, 0) is 9.53 Å².